The minimum Gasteiger partial charge on any atom is -0.493 e. The summed E-state index contributed by atoms with van der Waals surface area (Å²) >= 11 is 0. The second-order valence-corrected chi connectivity index (χ2v) is 5.07. The van der Waals surface area contributed by atoms with Crippen molar-refractivity contribution in [2.24, 2.45) is 0 Å². The molecule has 0 heterocycles. The number of amides is 1. The van der Waals surface area contributed by atoms with Crippen LogP contribution in [0.1, 0.15) is 16.7 Å². The summed E-state index contributed by atoms with van der Waals surface area (Å²) in [6.07, 6.45) is 0.312. The summed E-state index contributed by atoms with van der Waals surface area (Å²) in [5.74, 6) is 1.27. The quantitative estimate of drug-likeness (QED) is 0.892. The Hall–Kier alpha value is -2.49. The van der Waals surface area contributed by atoms with Gasteiger partial charge in [-0.25, -0.2) is 0 Å². The number of aryl methyl sites for hydroxylation is 1. The van der Waals surface area contributed by atoms with Gasteiger partial charge in [-0.2, -0.15) is 0 Å². The number of carbonyl (C=O) groups excluding carboxylic acids is 1. The van der Waals surface area contributed by atoms with Crippen LogP contribution < -0.4 is 14.8 Å². The Morgan fingerprint density at radius 1 is 1.05 bits per heavy atom. The Morgan fingerprint density at radius 3 is 2.45 bits per heavy atom. The van der Waals surface area contributed by atoms with Crippen molar-refractivity contribution >= 4 is 5.91 Å². The lowest BCUT2D eigenvalue weighted by Crippen LogP contribution is -2.24. The zero-order chi connectivity index (χ0) is 15.9. The molecule has 0 unspecified atom stereocenters. The number of benzene rings is 2. The minimum absolute atomic E-state index is 0.0181. The van der Waals surface area contributed by atoms with Gasteiger partial charge in [0.15, 0.2) is 11.5 Å². The molecule has 0 aliphatic heterocycles. The van der Waals surface area contributed by atoms with E-state index in [1.54, 1.807) is 14.2 Å². The predicted molar refractivity (Wildman–Crippen MR) is 86.3 cm³/mol. The highest BCUT2D eigenvalue weighted by Crippen LogP contribution is 2.27. The molecule has 0 saturated heterocycles. The normalized spacial score (nSPS) is 10.1. The van der Waals surface area contributed by atoms with Gasteiger partial charge in [0.05, 0.1) is 20.6 Å². The lowest BCUT2D eigenvalue weighted by atomic mass is 10.1. The van der Waals surface area contributed by atoms with Crippen molar-refractivity contribution in [3.05, 3.63) is 59.2 Å². The molecule has 0 aliphatic rings. The van der Waals surface area contributed by atoms with Crippen LogP contribution in [0.4, 0.5) is 0 Å². The first-order valence-corrected chi connectivity index (χ1v) is 7.16. The van der Waals surface area contributed by atoms with Crippen molar-refractivity contribution in [3.63, 3.8) is 0 Å². The molecule has 116 valence electrons. The summed E-state index contributed by atoms with van der Waals surface area (Å²) < 4.78 is 10.4. The third-order valence-electron chi connectivity index (χ3n) is 3.55. The van der Waals surface area contributed by atoms with E-state index in [2.05, 4.69) is 5.32 Å². The Kier molecular flexibility index (Phi) is 5.42. The number of rotatable bonds is 6. The van der Waals surface area contributed by atoms with E-state index in [0.29, 0.717) is 24.5 Å². The van der Waals surface area contributed by atoms with Crippen LogP contribution in [0.15, 0.2) is 42.5 Å². The minimum atomic E-state index is -0.0181. The van der Waals surface area contributed by atoms with Gasteiger partial charge >= 0.3 is 0 Å². The van der Waals surface area contributed by atoms with Gasteiger partial charge in [0.1, 0.15) is 0 Å². The number of hydrogen-bond donors (Lipinski definition) is 1. The standard InChI is InChI=1S/C18H21NO3/c1-13-6-4-5-7-15(13)12-19-18(20)11-14-8-9-16(21-2)17(10-14)22-3/h4-10H,11-12H2,1-3H3,(H,19,20). The molecule has 4 heteroatoms. The van der Waals surface area contributed by atoms with E-state index in [0.717, 1.165) is 11.1 Å². The van der Waals surface area contributed by atoms with Crippen LogP contribution in [0.3, 0.4) is 0 Å². The highest BCUT2D eigenvalue weighted by Gasteiger charge is 2.08. The van der Waals surface area contributed by atoms with Gasteiger partial charge in [0, 0.05) is 6.54 Å². The maximum Gasteiger partial charge on any atom is 0.224 e. The predicted octanol–water partition coefficient (Wildman–Crippen LogP) is 2.87. The zero-order valence-electron chi connectivity index (χ0n) is 13.2. The van der Waals surface area contributed by atoms with Gasteiger partial charge in [-0.3, -0.25) is 4.79 Å². The lowest BCUT2D eigenvalue weighted by molar-refractivity contribution is -0.120. The first-order chi connectivity index (χ1) is 10.6. The van der Waals surface area contributed by atoms with Crippen LogP contribution in [-0.4, -0.2) is 20.1 Å². The average Bonchev–Trinajstić information content (AvgIpc) is 2.54. The maximum absolute atomic E-state index is 12.1. The smallest absolute Gasteiger partial charge is 0.224 e. The molecule has 1 amide bonds. The molecule has 0 bridgehead atoms. The summed E-state index contributed by atoms with van der Waals surface area (Å²) in [5.41, 5.74) is 3.19. The van der Waals surface area contributed by atoms with Crippen LogP contribution in [0.25, 0.3) is 0 Å². The fraction of sp³-hybridized carbons (Fsp3) is 0.278. The lowest BCUT2D eigenvalue weighted by Gasteiger charge is -2.10. The van der Waals surface area contributed by atoms with E-state index >= 15 is 0 Å². The van der Waals surface area contributed by atoms with E-state index in [-0.39, 0.29) is 5.91 Å². The van der Waals surface area contributed by atoms with E-state index in [1.165, 1.54) is 5.56 Å². The van der Waals surface area contributed by atoms with E-state index in [1.807, 2.05) is 49.4 Å². The van der Waals surface area contributed by atoms with Crippen molar-refractivity contribution in [1.29, 1.82) is 0 Å². The summed E-state index contributed by atoms with van der Waals surface area (Å²) in [7, 11) is 3.17. The number of nitrogens with one attached hydrogen (secondary N) is 1. The molecule has 2 aromatic carbocycles. The average molecular weight is 299 g/mol. The highest BCUT2D eigenvalue weighted by atomic mass is 16.5. The molecule has 0 saturated carbocycles. The number of methoxy groups -OCH3 is 2. The summed E-state index contributed by atoms with van der Waals surface area (Å²) in [5, 5.41) is 2.94. The molecular weight excluding hydrogens is 278 g/mol. The largest absolute Gasteiger partial charge is 0.493 e. The Balaban J connectivity index is 1.96. The third-order valence-corrected chi connectivity index (χ3v) is 3.55. The first kappa shape index (κ1) is 15.9. The van der Waals surface area contributed by atoms with Crippen molar-refractivity contribution in [1.82, 2.24) is 5.32 Å². The SMILES string of the molecule is COc1ccc(CC(=O)NCc2ccccc2C)cc1OC. The molecule has 1 N–H and O–H groups in total. The molecular formula is C18H21NO3. The molecule has 0 aromatic heterocycles. The van der Waals surface area contributed by atoms with E-state index in [4.69, 9.17) is 9.47 Å². The van der Waals surface area contributed by atoms with Gasteiger partial charge < -0.3 is 14.8 Å². The summed E-state index contributed by atoms with van der Waals surface area (Å²) in [6.45, 7) is 2.58. The van der Waals surface area contributed by atoms with Crippen molar-refractivity contribution in [2.75, 3.05) is 14.2 Å². The molecule has 22 heavy (non-hydrogen) atoms. The van der Waals surface area contributed by atoms with Crippen molar-refractivity contribution in [2.45, 2.75) is 19.9 Å². The molecule has 4 nitrogen and oxygen atoms in total. The fourth-order valence-corrected chi connectivity index (χ4v) is 2.24. The Labute approximate surface area is 131 Å². The van der Waals surface area contributed by atoms with Gasteiger partial charge in [0.25, 0.3) is 0 Å². The molecule has 0 atom stereocenters. The van der Waals surface area contributed by atoms with Crippen LogP contribution in [0, 0.1) is 6.92 Å². The fourth-order valence-electron chi connectivity index (χ4n) is 2.24. The van der Waals surface area contributed by atoms with Crippen LogP contribution in [-0.2, 0) is 17.8 Å². The van der Waals surface area contributed by atoms with Crippen LogP contribution in [0.5, 0.6) is 11.5 Å². The first-order valence-electron chi connectivity index (χ1n) is 7.16. The van der Waals surface area contributed by atoms with Gasteiger partial charge in [-0.15, -0.1) is 0 Å². The van der Waals surface area contributed by atoms with Crippen LogP contribution in [0.2, 0.25) is 0 Å². The Bertz CT molecular complexity index is 653. The number of hydrogen-bond acceptors (Lipinski definition) is 3. The van der Waals surface area contributed by atoms with E-state index < -0.39 is 0 Å². The molecule has 0 radical (unpaired) electrons. The zero-order valence-corrected chi connectivity index (χ0v) is 13.2. The molecule has 0 aliphatic carbocycles. The Morgan fingerprint density at radius 2 is 1.77 bits per heavy atom. The molecule has 2 rings (SSSR count). The summed E-state index contributed by atoms with van der Waals surface area (Å²) in [4.78, 5) is 12.1. The molecule has 0 spiro atoms. The second-order valence-electron chi connectivity index (χ2n) is 5.07. The van der Waals surface area contributed by atoms with Crippen LogP contribution >= 0.6 is 0 Å². The molecule has 2 aromatic rings. The number of carbonyl (C=O) groups is 1. The van der Waals surface area contributed by atoms with Crippen molar-refractivity contribution < 1.29 is 14.3 Å². The summed E-state index contributed by atoms with van der Waals surface area (Å²) in [6, 6.07) is 13.5. The van der Waals surface area contributed by atoms with Gasteiger partial charge in [-0.1, -0.05) is 30.3 Å². The van der Waals surface area contributed by atoms with Gasteiger partial charge in [0.2, 0.25) is 5.91 Å². The van der Waals surface area contributed by atoms with Crippen molar-refractivity contribution in [3.8, 4) is 11.5 Å². The topological polar surface area (TPSA) is 47.6 Å². The molecule has 0 fully saturated rings. The maximum atomic E-state index is 12.1. The van der Waals surface area contributed by atoms with Gasteiger partial charge in [-0.05, 0) is 35.7 Å². The highest BCUT2D eigenvalue weighted by molar-refractivity contribution is 5.78. The monoisotopic (exact) mass is 299 g/mol. The van der Waals surface area contributed by atoms with E-state index in [9.17, 15) is 4.79 Å². The third kappa shape index (κ3) is 4.01. The number of ether oxygens (including phenoxy) is 2. The second kappa shape index (κ2) is 7.50.